The Labute approximate surface area is 129 Å². The summed E-state index contributed by atoms with van der Waals surface area (Å²) < 4.78 is 4.76. The summed E-state index contributed by atoms with van der Waals surface area (Å²) in [7, 11) is 1.28. The normalized spacial score (nSPS) is 18.9. The molecule has 2 amide bonds. The van der Waals surface area contributed by atoms with E-state index < -0.39 is 17.9 Å². The van der Waals surface area contributed by atoms with Gasteiger partial charge < -0.3 is 15.0 Å². The van der Waals surface area contributed by atoms with Crippen LogP contribution < -0.4 is 5.32 Å². The number of esters is 1. The summed E-state index contributed by atoms with van der Waals surface area (Å²) >= 11 is 0. The lowest BCUT2D eigenvalue weighted by molar-refractivity contribution is -0.145. The molecule has 1 saturated heterocycles. The van der Waals surface area contributed by atoms with Gasteiger partial charge in [0, 0.05) is 19.5 Å². The third-order valence-corrected chi connectivity index (χ3v) is 3.82. The molecule has 6 nitrogen and oxygen atoms in total. The molecule has 118 valence electrons. The van der Waals surface area contributed by atoms with Crippen LogP contribution in [0.2, 0.25) is 0 Å². The molecule has 1 aromatic carbocycles. The topological polar surface area (TPSA) is 75.7 Å². The van der Waals surface area contributed by atoms with Crippen LogP contribution >= 0.6 is 0 Å². The number of nitrogens with one attached hydrogen (secondary N) is 1. The van der Waals surface area contributed by atoms with Gasteiger partial charge in [-0.2, -0.15) is 0 Å². The van der Waals surface area contributed by atoms with Crippen molar-refractivity contribution in [2.24, 2.45) is 5.92 Å². The SMILES string of the molecule is CCN1CC(C(=O)NC(C(=O)OC)c2ccccc2)CC1=O. The minimum atomic E-state index is -0.857. The predicted octanol–water partition coefficient (Wildman–Crippen LogP) is 0.885. The van der Waals surface area contributed by atoms with Gasteiger partial charge in [-0.1, -0.05) is 30.3 Å². The quantitative estimate of drug-likeness (QED) is 0.820. The van der Waals surface area contributed by atoms with E-state index in [0.717, 1.165) is 0 Å². The number of nitrogens with zero attached hydrogens (tertiary/aromatic N) is 1. The van der Waals surface area contributed by atoms with Crippen LogP contribution in [0, 0.1) is 5.92 Å². The first-order chi connectivity index (χ1) is 10.6. The molecule has 0 spiro atoms. The van der Waals surface area contributed by atoms with Gasteiger partial charge in [-0.15, -0.1) is 0 Å². The van der Waals surface area contributed by atoms with E-state index in [4.69, 9.17) is 4.74 Å². The summed E-state index contributed by atoms with van der Waals surface area (Å²) in [5.74, 6) is -1.29. The Bertz CT molecular complexity index is 559. The van der Waals surface area contributed by atoms with E-state index in [1.807, 2.05) is 13.0 Å². The van der Waals surface area contributed by atoms with Crippen molar-refractivity contribution in [2.45, 2.75) is 19.4 Å². The fourth-order valence-corrected chi connectivity index (χ4v) is 2.56. The maximum Gasteiger partial charge on any atom is 0.333 e. The molecule has 22 heavy (non-hydrogen) atoms. The van der Waals surface area contributed by atoms with Crippen LogP contribution in [0.1, 0.15) is 24.9 Å². The van der Waals surface area contributed by atoms with Crippen LogP contribution in [0.25, 0.3) is 0 Å². The number of methoxy groups -OCH3 is 1. The molecule has 1 N–H and O–H groups in total. The lowest BCUT2D eigenvalue weighted by atomic mass is 10.0. The Morgan fingerprint density at radius 1 is 1.36 bits per heavy atom. The second-order valence-corrected chi connectivity index (χ2v) is 5.21. The lowest BCUT2D eigenvalue weighted by Gasteiger charge is -2.19. The van der Waals surface area contributed by atoms with Crippen LogP contribution in [0.3, 0.4) is 0 Å². The van der Waals surface area contributed by atoms with Crippen LogP contribution in [-0.4, -0.2) is 42.9 Å². The third-order valence-electron chi connectivity index (χ3n) is 3.82. The van der Waals surface area contributed by atoms with Crippen molar-refractivity contribution in [2.75, 3.05) is 20.2 Å². The summed E-state index contributed by atoms with van der Waals surface area (Å²) in [4.78, 5) is 37.7. The molecule has 1 heterocycles. The van der Waals surface area contributed by atoms with Gasteiger partial charge >= 0.3 is 5.97 Å². The molecule has 1 aliphatic rings. The zero-order chi connectivity index (χ0) is 16.1. The molecule has 0 aliphatic carbocycles. The molecular weight excluding hydrogens is 284 g/mol. The summed E-state index contributed by atoms with van der Waals surface area (Å²) in [6.45, 7) is 2.85. The highest BCUT2D eigenvalue weighted by atomic mass is 16.5. The van der Waals surface area contributed by atoms with Gasteiger partial charge in [-0.3, -0.25) is 9.59 Å². The number of rotatable bonds is 5. The summed E-state index contributed by atoms with van der Waals surface area (Å²) in [5, 5.41) is 2.70. The first-order valence-corrected chi connectivity index (χ1v) is 7.27. The summed E-state index contributed by atoms with van der Waals surface area (Å²) in [5.41, 5.74) is 0.652. The van der Waals surface area contributed by atoms with E-state index in [1.165, 1.54) is 7.11 Å². The number of likely N-dealkylation sites (tertiary alicyclic amines) is 1. The molecule has 2 atom stereocenters. The van der Waals surface area contributed by atoms with Gasteiger partial charge in [0.15, 0.2) is 6.04 Å². The van der Waals surface area contributed by atoms with E-state index in [-0.39, 0.29) is 18.2 Å². The maximum atomic E-state index is 12.4. The molecule has 6 heteroatoms. The zero-order valence-electron chi connectivity index (χ0n) is 12.7. The van der Waals surface area contributed by atoms with Crippen LogP contribution in [0.4, 0.5) is 0 Å². The average Bonchev–Trinajstić information content (AvgIpc) is 2.93. The van der Waals surface area contributed by atoms with Crippen molar-refractivity contribution >= 4 is 17.8 Å². The number of amides is 2. The second kappa shape index (κ2) is 7.06. The predicted molar refractivity (Wildman–Crippen MR) is 79.7 cm³/mol. The van der Waals surface area contributed by atoms with Crippen molar-refractivity contribution in [3.8, 4) is 0 Å². The van der Waals surface area contributed by atoms with Crippen LogP contribution in [-0.2, 0) is 19.1 Å². The number of hydrogen-bond acceptors (Lipinski definition) is 4. The summed E-state index contributed by atoms with van der Waals surface area (Å²) in [6, 6.07) is 8.04. The third kappa shape index (κ3) is 3.44. The van der Waals surface area contributed by atoms with Gasteiger partial charge in [-0.25, -0.2) is 4.79 Å². The van der Waals surface area contributed by atoms with Crippen molar-refractivity contribution in [1.82, 2.24) is 10.2 Å². The Morgan fingerprint density at radius 3 is 2.59 bits per heavy atom. The zero-order valence-corrected chi connectivity index (χ0v) is 12.7. The molecular formula is C16H20N2O4. The highest BCUT2D eigenvalue weighted by Gasteiger charge is 2.35. The smallest absolute Gasteiger partial charge is 0.333 e. The summed E-state index contributed by atoms with van der Waals surface area (Å²) in [6.07, 6.45) is 0.183. The molecule has 0 bridgehead atoms. The van der Waals surface area contributed by atoms with Gasteiger partial charge in [0.25, 0.3) is 0 Å². The molecule has 2 rings (SSSR count). The maximum absolute atomic E-state index is 12.4. The Morgan fingerprint density at radius 2 is 2.05 bits per heavy atom. The van der Waals surface area contributed by atoms with Gasteiger partial charge in [0.05, 0.1) is 13.0 Å². The molecule has 0 radical (unpaired) electrons. The Kier molecular flexibility index (Phi) is 5.14. The van der Waals surface area contributed by atoms with Gasteiger partial charge in [0.2, 0.25) is 11.8 Å². The standard InChI is InChI=1S/C16H20N2O4/c1-3-18-10-12(9-13(18)19)15(20)17-14(16(21)22-2)11-7-5-4-6-8-11/h4-8,12,14H,3,9-10H2,1-2H3,(H,17,20). The number of carbonyl (C=O) groups excluding carboxylic acids is 3. The van der Waals surface area contributed by atoms with E-state index in [9.17, 15) is 14.4 Å². The molecule has 1 aliphatic heterocycles. The Hall–Kier alpha value is -2.37. The highest BCUT2D eigenvalue weighted by Crippen LogP contribution is 2.20. The number of hydrogen-bond donors (Lipinski definition) is 1. The van der Waals surface area contributed by atoms with Crippen molar-refractivity contribution < 1.29 is 19.1 Å². The first kappa shape index (κ1) is 16.0. The van der Waals surface area contributed by atoms with E-state index >= 15 is 0 Å². The fraction of sp³-hybridized carbons (Fsp3) is 0.438. The monoisotopic (exact) mass is 304 g/mol. The van der Waals surface area contributed by atoms with Crippen molar-refractivity contribution in [3.63, 3.8) is 0 Å². The number of carbonyl (C=O) groups is 3. The average molecular weight is 304 g/mol. The van der Waals surface area contributed by atoms with Crippen LogP contribution in [0.5, 0.6) is 0 Å². The minimum Gasteiger partial charge on any atom is -0.467 e. The van der Waals surface area contributed by atoms with E-state index in [0.29, 0.717) is 18.7 Å². The fourth-order valence-electron chi connectivity index (χ4n) is 2.56. The molecule has 1 fully saturated rings. The molecule has 0 saturated carbocycles. The van der Waals surface area contributed by atoms with Gasteiger partial charge in [0.1, 0.15) is 0 Å². The van der Waals surface area contributed by atoms with E-state index in [1.54, 1.807) is 29.2 Å². The largest absolute Gasteiger partial charge is 0.467 e. The number of benzene rings is 1. The number of ether oxygens (including phenoxy) is 1. The van der Waals surface area contributed by atoms with E-state index in [2.05, 4.69) is 5.32 Å². The minimum absolute atomic E-state index is 0.0306. The highest BCUT2D eigenvalue weighted by molar-refractivity contribution is 5.91. The Balaban J connectivity index is 2.10. The molecule has 2 unspecified atom stereocenters. The molecule has 1 aromatic rings. The van der Waals surface area contributed by atoms with Crippen LogP contribution in [0.15, 0.2) is 30.3 Å². The lowest BCUT2D eigenvalue weighted by Crippen LogP contribution is -2.39. The molecule has 0 aromatic heterocycles. The van der Waals surface area contributed by atoms with Crippen molar-refractivity contribution in [3.05, 3.63) is 35.9 Å². The van der Waals surface area contributed by atoms with Crippen molar-refractivity contribution in [1.29, 1.82) is 0 Å². The second-order valence-electron chi connectivity index (χ2n) is 5.21. The van der Waals surface area contributed by atoms with Gasteiger partial charge in [-0.05, 0) is 12.5 Å². The first-order valence-electron chi connectivity index (χ1n) is 7.27.